The Hall–Kier alpha value is -3.60. The van der Waals surface area contributed by atoms with Gasteiger partial charge in [-0.15, -0.1) is 0 Å². The fourth-order valence-electron chi connectivity index (χ4n) is 4.40. The Labute approximate surface area is 181 Å². The quantitative estimate of drug-likeness (QED) is 0.406. The molecular weight excluding hydrogens is 388 g/mol. The summed E-state index contributed by atoms with van der Waals surface area (Å²) >= 11 is 0. The van der Waals surface area contributed by atoms with E-state index in [0.29, 0.717) is 19.6 Å². The molecule has 0 saturated heterocycles. The Kier molecular flexibility index (Phi) is 4.94. The fraction of sp³-hybridized carbons (Fsp3) is 0.231. The molecule has 156 valence electrons. The van der Waals surface area contributed by atoms with Crippen LogP contribution in [-0.2, 0) is 11.3 Å². The normalized spacial score (nSPS) is 15.0. The van der Waals surface area contributed by atoms with Crippen LogP contribution in [0.1, 0.15) is 34.8 Å². The van der Waals surface area contributed by atoms with Gasteiger partial charge < -0.3 is 19.3 Å². The van der Waals surface area contributed by atoms with Gasteiger partial charge in [-0.1, -0.05) is 24.3 Å². The second kappa shape index (κ2) is 7.91. The molecule has 1 atom stereocenters. The molecule has 5 rings (SSSR count). The molecule has 0 amide bonds. The summed E-state index contributed by atoms with van der Waals surface area (Å²) < 4.78 is 11.7. The topological polar surface area (TPSA) is 64.4 Å². The molecule has 2 aromatic heterocycles. The second-order valence-electron chi connectivity index (χ2n) is 7.99. The van der Waals surface area contributed by atoms with E-state index in [1.165, 1.54) is 11.1 Å². The predicted octanol–water partition coefficient (Wildman–Crippen LogP) is 5.79. The minimum absolute atomic E-state index is 0.169. The van der Waals surface area contributed by atoms with Crippen molar-refractivity contribution < 1.29 is 13.9 Å². The van der Waals surface area contributed by atoms with Crippen LogP contribution in [0.25, 0.3) is 22.2 Å². The fourth-order valence-corrected chi connectivity index (χ4v) is 4.40. The Morgan fingerprint density at radius 2 is 2.06 bits per heavy atom. The zero-order valence-electron chi connectivity index (χ0n) is 17.6. The molecular formula is C26H24N2O3. The monoisotopic (exact) mass is 412 g/mol. The lowest BCUT2D eigenvalue weighted by atomic mass is 9.95. The summed E-state index contributed by atoms with van der Waals surface area (Å²) in [4.78, 5) is 15.4. The Morgan fingerprint density at radius 3 is 2.94 bits per heavy atom. The molecule has 4 aromatic rings. The molecule has 0 aliphatic carbocycles. The van der Waals surface area contributed by atoms with E-state index in [4.69, 9.17) is 9.15 Å². The number of benzene rings is 2. The largest absolute Gasteiger partial charge is 0.493 e. The van der Waals surface area contributed by atoms with Gasteiger partial charge in [-0.25, -0.2) is 0 Å². The molecule has 0 unspecified atom stereocenters. The predicted molar refractivity (Wildman–Crippen MR) is 122 cm³/mol. The first kappa shape index (κ1) is 19.4. The third kappa shape index (κ3) is 3.46. The number of fused-ring (bicyclic) bond motifs is 2. The number of nitrogens with zero attached hydrogens (tertiary/aromatic N) is 1. The molecule has 0 bridgehead atoms. The van der Waals surface area contributed by atoms with Crippen LogP contribution in [0.15, 0.2) is 59.1 Å². The van der Waals surface area contributed by atoms with E-state index < -0.39 is 0 Å². The number of nitrogens with one attached hydrogen (secondary N) is 1. The van der Waals surface area contributed by atoms with Gasteiger partial charge >= 0.3 is 0 Å². The van der Waals surface area contributed by atoms with Crippen LogP contribution in [0.5, 0.6) is 5.75 Å². The number of aryl methyl sites for hydroxylation is 1. The highest BCUT2D eigenvalue weighted by molar-refractivity contribution is 5.93. The number of anilines is 1. The minimum Gasteiger partial charge on any atom is -0.493 e. The van der Waals surface area contributed by atoms with Gasteiger partial charge in [0.15, 0.2) is 5.58 Å². The maximum atomic E-state index is 10.9. The first-order valence-electron chi connectivity index (χ1n) is 10.5. The third-order valence-electron chi connectivity index (χ3n) is 6.10. The van der Waals surface area contributed by atoms with E-state index in [1.807, 2.05) is 25.1 Å². The molecule has 5 heteroatoms. The molecule has 0 fully saturated rings. The first-order chi connectivity index (χ1) is 15.2. The van der Waals surface area contributed by atoms with E-state index in [-0.39, 0.29) is 5.92 Å². The average molecular weight is 412 g/mol. The maximum Gasteiger partial charge on any atom is 0.153 e. The van der Waals surface area contributed by atoms with Crippen molar-refractivity contribution in [2.24, 2.45) is 0 Å². The highest BCUT2D eigenvalue weighted by Crippen LogP contribution is 2.38. The van der Waals surface area contributed by atoms with E-state index in [1.54, 1.807) is 6.20 Å². The summed E-state index contributed by atoms with van der Waals surface area (Å²) in [5.74, 6) is 1.92. The molecule has 1 aliphatic heterocycles. The van der Waals surface area contributed by atoms with Gasteiger partial charge in [-0.2, -0.15) is 0 Å². The Morgan fingerprint density at radius 1 is 1.16 bits per heavy atom. The number of pyridine rings is 1. The summed E-state index contributed by atoms with van der Waals surface area (Å²) in [7, 11) is 0. The highest BCUT2D eigenvalue weighted by Gasteiger charge is 2.24. The van der Waals surface area contributed by atoms with Crippen LogP contribution < -0.4 is 10.1 Å². The number of rotatable bonds is 6. The molecule has 1 aliphatic rings. The van der Waals surface area contributed by atoms with Gasteiger partial charge in [0.05, 0.1) is 6.61 Å². The number of ether oxygens (including phenoxy) is 1. The van der Waals surface area contributed by atoms with Crippen molar-refractivity contribution in [1.82, 2.24) is 4.98 Å². The van der Waals surface area contributed by atoms with Gasteiger partial charge in [-0.05, 0) is 48.7 Å². The summed E-state index contributed by atoms with van der Waals surface area (Å²) in [5.41, 5.74) is 8.44. The maximum absolute atomic E-state index is 10.9. The summed E-state index contributed by atoms with van der Waals surface area (Å²) in [5, 5.41) is 3.51. The van der Waals surface area contributed by atoms with Gasteiger partial charge in [0, 0.05) is 48.0 Å². The first-order valence-corrected chi connectivity index (χ1v) is 10.5. The second-order valence-corrected chi connectivity index (χ2v) is 7.99. The average Bonchev–Trinajstić information content (AvgIpc) is 3.33. The number of aldehydes is 1. The number of furan rings is 1. The molecule has 2 aromatic carbocycles. The molecule has 0 radical (unpaired) electrons. The highest BCUT2D eigenvalue weighted by atomic mass is 16.5. The van der Waals surface area contributed by atoms with Gasteiger partial charge in [-0.3, -0.25) is 4.98 Å². The van der Waals surface area contributed by atoms with Crippen LogP contribution in [0, 0.1) is 13.8 Å². The van der Waals surface area contributed by atoms with Crippen LogP contribution >= 0.6 is 0 Å². The van der Waals surface area contributed by atoms with Gasteiger partial charge in [0.1, 0.15) is 23.3 Å². The Bertz CT molecular complexity index is 1280. The van der Waals surface area contributed by atoms with E-state index in [2.05, 4.69) is 47.6 Å². The smallest absolute Gasteiger partial charge is 0.153 e. The number of carbonyl (C=O) groups excluding carboxylic acids is 1. The number of carbonyl (C=O) groups is 1. The molecule has 1 N–H and O–H groups in total. The molecule has 31 heavy (non-hydrogen) atoms. The van der Waals surface area contributed by atoms with Crippen molar-refractivity contribution in [3.05, 3.63) is 77.2 Å². The number of hydrogen-bond acceptors (Lipinski definition) is 5. The van der Waals surface area contributed by atoms with Crippen LogP contribution in [-0.4, -0.2) is 17.9 Å². The Balaban J connectivity index is 1.40. The van der Waals surface area contributed by atoms with Crippen LogP contribution in [0.4, 0.5) is 5.69 Å². The van der Waals surface area contributed by atoms with E-state index in [0.717, 1.165) is 51.3 Å². The number of aromatic nitrogens is 1. The van der Waals surface area contributed by atoms with Crippen molar-refractivity contribution >= 4 is 23.1 Å². The zero-order valence-corrected chi connectivity index (χ0v) is 17.6. The van der Waals surface area contributed by atoms with Crippen LogP contribution in [0.2, 0.25) is 0 Å². The lowest BCUT2D eigenvalue weighted by molar-refractivity contribution is -0.108. The molecule has 5 nitrogen and oxygen atoms in total. The summed E-state index contributed by atoms with van der Waals surface area (Å²) in [6.07, 6.45) is 3.27. The molecule has 0 spiro atoms. The lowest BCUT2D eigenvalue weighted by Gasteiger charge is -2.14. The standard InChI is InChI=1S/C26H24N2O3/c1-16-18(14-28-20-8-9-22-19(10-12-29)15-30-24(22)13-20)5-3-6-21(16)25-17(2)31-23-7-4-11-27-26(23)25/h3-9,11-13,19,28H,10,14-15H2,1-2H3/t19-/m1/s1. The summed E-state index contributed by atoms with van der Waals surface area (Å²) in [6, 6.07) is 16.3. The van der Waals surface area contributed by atoms with Gasteiger partial charge in [0.2, 0.25) is 0 Å². The number of hydrogen-bond donors (Lipinski definition) is 1. The lowest BCUT2D eigenvalue weighted by Crippen LogP contribution is -2.02. The van der Waals surface area contributed by atoms with Gasteiger partial charge in [0.25, 0.3) is 0 Å². The molecule has 0 saturated carbocycles. The van der Waals surface area contributed by atoms with E-state index >= 15 is 0 Å². The van der Waals surface area contributed by atoms with Crippen molar-refractivity contribution in [2.45, 2.75) is 32.7 Å². The van der Waals surface area contributed by atoms with Crippen molar-refractivity contribution in [3.63, 3.8) is 0 Å². The third-order valence-corrected chi connectivity index (χ3v) is 6.10. The molecule has 3 heterocycles. The zero-order chi connectivity index (χ0) is 21.4. The summed E-state index contributed by atoms with van der Waals surface area (Å²) in [6.45, 7) is 5.40. The van der Waals surface area contributed by atoms with E-state index in [9.17, 15) is 4.79 Å². The SMILES string of the molecule is Cc1oc2cccnc2c1-c1cccc(CNc2ccc3c(c2)OC[C@H]3CC=O)c1C. The minimum atomic E-state index is 0.169. The van der Waals surface area contributed by atoms with Crippen molar-refractivity contribution in [3.8, 4) is 16.9 Å². The van der Waals surface area contributed by atoms with Crippen molar-refractivity contribution in [1.29, 1.82) is 0 Å². The van der Waals surface area contributed by atoms with Crippen molar-refractivity contribution in [2.75, 3.05) is 11.9 Å². The van der Waals surface area contributed by atoms with Crippen LogP contribution in [0.3, 0.4) is 0 Å².